The number of fused-ring (bicyclic) bond motifs is 3. The summed E-state index contributed by atoms with van der Waals surface area (Å²) in [6, 6.07) is 15.9. The van der Waals surface area contributed by atoms with Crippen molar-refractivity contribution in [2.45, 2.75) is 128 Å². The number of hydrogen-bond acceptors (Lipinski definition) is 0. The van der Waals surface area contributed by atoms with Crippen molar-refractivity contribution in [3.8, 4) is 11.1 Å². The van der Waals surface area contributed by atoms with E-state index in [1.165, 1.54) is 139 Å². The Morgan fingerprint density at radius 3 is 1.88 bits per heavy atom. The fourth-order valence-corrected chi connectivity index (χ4v) is 6.45. The summed E-state index contributed by atoms with van der Waals surface area (Å²) in [4.78, 5) is 0. The van der Waals surface area contributed by atoms with E-state index < -0.39 is 0 Å². The lowest BCUT2D eigenvalue weighted by Crippen LogP contribution is -2.05. The van der Waals surface area contributed by atoms with Crippen LogP contribution in [0.5, 0.6) is 0 Å². The molecule has 0 bridgehead atoms. The Bertz CT molecular complexity index is 811. The molecule has 2 aromatic carbocycles. The van der Waals surface area contributed by atoms with Crippen molar-refractivity contribution in [3.63, 3.8) is 0 Å². The molecule has 0 heterocycles. The molecule has 0 aromatic heterocycles. The summed E-state index contributed by atoms with van der Waals surface area (Å²) in [5.41, 5.74) is 7.68. The van der Waals surface area contributed by atoms with Crippen LogP contribution in [0.15, 0.2) is 42.5 Å². The minimum atomic E-state index is 1.09. The maximum Gasteiger partial charge on any atom is -0.00107 e. The molecule has 0 heteroatoms. The zero-order chi connectivity index (χ0) is 22.6. The van der Waals surface area contributed by atoms with Crippen molar-refractivity contribution in [2.75, 3.05) is 0 Å². The first-order chi connectivity index (χ1) is 16.4. The molecule has 4 rings (SSSR count). The van der Waals surface area contributed by atoms with E-state index in [2.05, 4.69) is 42.5 Å². The highest BCUT2D eigenvalue weighted by molar-refractivity contribution is 5.77. The Morgan fingerprint density at radius 1 is 0.545 bits per heavy atom. The lowest BCUT2D eigenvalue weighted by Gasteiger charge is -2.21. The molecule has 2 aromatic rings. The third kappa shape index (κ3) is 7.73. The third-order valence-electron chi connectivity index (χ3n) is 8.48. The summed E-state index contributed by atoms with van der Waals surface area (Å²) in [7, 11) is 0. The second-order valence-corrected chi connectivity index (χ2v) is 11.1. The van der Waals surface area contributed by atoms with Gasteiger partial charge in [0.2, 0.25) is 0 Å². The fourth-order valence-electron chi connectivity index (χ4n) is 6.45. The molecular formula is C33H48. The van der Waals surface area contributed by atoms with Crippen LogP contribution in [0.1, 0.15) is 132 Å². The highest BCUT2D eigenvalue weighted by Gasteiger charge is 2.19. The van der Waals surface area contributed by atoms with Gasteiger partial charge in [0.25, 0.3) is 0 Å². The van der Waals surface area contributed by atoms with Gasteiger partial charge < -0.3 is 0 Å². The van der Waals surface area contributed by atoms with Crippen LogP contribution in [-0.2, 0) is 12.8 Å². The van der Waals surface area contributed by atoms with E-state index in [4.69, 9.17) is 0 Å². The van der Waals surface area contributed by atoms with Crippen LogP contribution in [0.2, 0.25) is 0 Å². The summed E-state index contributed by atoms with van der Waals surface area (Å²) >= 11 is 0. The van der Waals surface area contributed by atoms with Crippen LogP contribution < -0.4 is 0 Å². The second kappa shape index (κ2) is 14.0. The summed E-state index contributed by atoms with van der Waals surface area (Å²) < 4.78 is 0. The molecule has 0 saturated heterocycles. The van der Waals surface area contributed by atoms with Gasteiger partial charge in [-0.05, 0) is 53.0 Å². The molecule has 2 aliphatic rings. The maximum atomic E-state index is 2.38. The van der Waals surface area contributed by atoms with Crippen molar-refractivity contribution in [3.05, 3.63) is 59.2 Å². The molecule has 0 radical (unpaired) electrons. The molecule has 0 unspecified atom stereocenters. The number of rotatable bonds is 15. The quantitative estimate of drug-likeness (QED) is 0.204. The van der Waals surface area contributed by atoms with Crippen LogP contribution >= 0.6 is 0 Å². The van der Waals surface area contributed by atoms with Gasteiger partial charge in [-0.1, -0.05) is 152 Å². The van der Waals surface area contributed by atoms with E-state index in [1.807, 2.05) is 0 Å². The van der Waals surface area contributed by atoms with Gasteiger partial charge in [0.15, 0.2) is 0 Å². The summed E-state index contributed by atoms with van der Waals surface area (Å²) in [5, 5.41) is 0. The number of benzene rings is 2. The molecule has 1 saturated carbocycles. The predicted octanol–water partition coefficient (Wildman–Crippen LogP) is 10.5. The standard InChI is InChI=1S/C33H48/c1(3-5-7-9-12-19-28-20-13-11-14-21-28)2-4-6-8-10-15-22-29-24-18-26-32-31-25-17-16-23-30(31)27-33(29)32/h16-18,23-26,28H,1-15,19-22,27H2. The average molecular weight is 445 g/mol. The lowest BCUT2D eigenvalue weighted by atomic mass is 9.85. The molecule has 2 aliphatic carbocycles. The highest BCUT2D eigenvalue weighted by Crippen LogP contribution is 2.38. The molecule has 0 nitrogen and oxygen atoms in total. The normalized spacial score (nSPS) is 15.5. The van der Waals surface area contributed by atoms with E-state index >= 15 is 0 Å². The molecule has 0 amide bonds. The number of unbranched alkanes of at least 4 members (excludes halogenated alkanes) is 11. The summed E-state index contributed by atoms with van der Waals surface area (Å²) in [6.45, 7) is 0. The number of hydrogen-bond donors (Lipinski definition) is 0. The van der Waals surface area contributed by atoms with Gasteiger partial charge in [-0.3, -0.25) is 0 Å². The largest absolute Gasteiger partial charge is 0.0619 e. The lowest BCUT2D eigenvalue weighted by molar-refractivity contribution is 0.328. The first kappa shape index (κ1) is 24.6. The first-order valence-corrected chi connectivity index (χ1v) is 14.6. The SMILES string of the molecule is c1ccc2c(c1)Cc1c(CCCCCCCCCCCCCCC3CCCCC3)cccc1-2. The van der Waals surface area contributed by atoms with E-state index in [9.17, 15) is 0 Å². The zero-order valence-corrected chi connectivity index (χ0v) is 21.3. The van der Waals surface area contributed by atoms with E-state index in [0.29, 0.717) is 0 Å². The van der Waals surface area contributed by atoms with Crippen LogP contribution in [0.4, 0.5) is 0 Å². The minimum absolute atomic E-state index is 1.09. The maximum absolute atomic E-state index is 2.38. The molecular weight excluding hydrogens is 396 g/mol. The van der Waals surface area contributed by atoms with Crippen LogP contribution in [0, 0.1) is 5.92 Å². The smallest absolute Gasteiger partial charge is 0.00107 e. The Labute approximate surface area is 204 Å². The van der Waals surface area contributed by atoms with Crippen molar-refractivity contribution in [1.29, 1.82) is 0 Å². The van der Waals surface area contributed by atoms with Crippen molar-refractivity contribution in [1.82, 2.24) is 0 Å². The summed E-state index contributed by atoms with van der Waals surface area (Å²) in [5.74, 6) is 1.09. The molecule has 0 atom stereocenters. The highest BCUT2D eigenvalue weighted by atomic mass is 14.2. The molecule has 1 fully saturated rings. The van der Waals surface area contributed by atoms with Gasteiger partial charge in [-0.25, -0.2) is 0 Å². The van der Waals surface area contributed by atoms with E-state index in [0.717, 1.165) is 12.3 Å². The van der Waals surface area contributed by atoms with Crippen LogP contribution in [0.25, 0.3) is 11.1 Å². The molecule has 0 N–H and O–H groups in total. The Balaban J connectivity index is 0.967. The van der Waals surface area contributed by atoms with Gasteiger partial charge in [0.05, 0.1) is 0 Å². The minimum Gasteiger partial charge on any atom is -0.0619 e. The van der Waals surface area contributed by atoms with Gasteiger partial charge in [-0.2, -0.15) is 0 Å². The molecule has 0 aliphatic heterocycles. The van der Waals surface area contributed by atoms with Gasteiger partial charge >= 0.3 is 0 Å². The molecule has 180 valence electrons. The van der Waals surface area contributed by atoms with Gasteiger partial charge in [0, 0.05) is 0 Å². The van der Waals surface area contributed by atoms with E-state index in [1.54, 1.807) is 11.1 Å². The molecule has 0 spiro atoms. The Kier molecular flexibility index (Phi) is 10.4. The fraction of sp³-hybridized carbons (Fsp3) is 0.636. The van der Waals surface area contributed by atoms with Crippen molar-refractivity contribution in [2.24, 2.45) is 5.92 Å². The predicted molar refractivity (Wildman–Crippen MR) is 145 cm³/mol. The van der Waals surface area contributed by atoms with Crippen molar-refractivity contribution < 1.29 is 0 Å². The van der Waals surface area contributed by atoms with E-state index in [-0.39, 0.29) is 0 Å². The second-order valence-electron chi connectivity index (χ2n) is 11.1. The number of aryl methyl sites for hydroxylation is 1. The van der Waals surface area contributed by atoms with Gasteiger partial charge in [-0.15, -0.1) is 0 Å². The Hall–Kier alpha value is -1.56. The van der Waals surface area contributed by atoms with Crippen LogP contribution in [-0.4, -0.2) is 0 Å². The Morgan fingerprint density at radius 2 is 1.15 bits per heavy atom. The summed E-state index contributed by atoms with van der Waals surface area (Å²) in [6.07, 6.45) is 29.0. The topological polar surface area (TPSA) is 0 Å². The monoisotopic (exact) mass is 444 g/mol. The van der Waals surface area contributed by atoms with Crippen molar-refractivity contribution >= 4 is 0 Å². The van der Waals surface area contributed by atoms with Gasteiger partial charge in [0.1, 0.15) is 0 Å². The zero-order valence-electron chi connectivity index (χ0n) is 21.3. The molecule has 33 heavy (non-hydrogen) atoms. The first-order valence-electron chi connectivity index (χ1n) is 14.6. The average Bonchev–Trinajstić information content (AvgIpc) is 3.24. The third-order valence-corrected chi connectivity index (χ3v) is 8.48. The van der Waals surface area contributed by atoms with Crippen LogP contribution in [0.3, 0.4) is 0 Å².